The van der Waals surface area contributed by atoms with E-state index >= 15 is 0 Å². The van der Waals surface area contributed by atoms with Crippen molar-refractivity contribution in [3.05, 3.63) is 47.9 Å². The molecule has 3 aromatic rings. The number of nitrogens with zero attached hydrogens (tertiary/aromatic N) is 5. The summed E-state index contributed by atoms with van der Waals surface area (Å²) in [6, 6.07) is 11.0. The maximum absolute atomic E-state index is 5.27. The van der Waals surface area contributed by atoms with Gasteiger partial charge in [-0.15, -0.1) is 0 Å². The first-order valence-electron chi connectivity index (χ1n) is 7.81. The third-order valence-corrected chi connectivity index (χ3v) is 4.56. The van der Waals surface area contributed by atoms with Crippen LogP contribution >= 0.6 is 0 Å². The molecule has 1 unspecified atom stereocenters. The topological polar surface area (TPSA) is 58.3 Å². The fraction of sp³-hybridized carbons (Fsp3) is 0.353. The average molecular weight is 309 g/mol. The quantitative estimate of drug-likeness (QED) is 0.724. The summed E-state index contributed by atoms with van der Waals surface area (Å²) in [6.07, 6.45) is 1.55. The summed E-state index contributed by atoms with van der Waals surface area (Å²) in [5.74, 6) is 0.919. The summed E-state index contributed by atoms with van der Waals surface area (Å²) >= 11 is 0. The van der Waals surface area contributed by atoms with Gasteiger partial charge >= 0.3 is 0 Å². The van der Waals surface area contributed by atoms with Gasteiger partial charge in [-0.25, -0.2) is 4.98 Å². The predicted octanol–water partition coefficient (Wildman–Crippen LogP) is 2.42. The van der Waals surface area contributed by atoms with Gasteiger partial charge in [-0.1, -0.05) is 35.5 Å². The third kappa shape index (κ3) is 2.45. The number of aryl methyl sites for hydroxylation is 1. The van der Waals surface area contributed by atoms with Crippen molar-refractivity contribution in [3.8, 4) is 0 Å². The lowest BCUT2D eigenvalue weighted by Crippen LogP contribution is -2.47. The number of piperazine rings is 1. The Balaban J connectivity index is 1.71. The van der Waals surface area contributed by atoms with E-state index in [4.69, 9.17) is 4.52 Å². The first-order chi connectivity index (χ1) is 11.2. The minimum absolute atomic E-state index is 0.343. The maximum Gasteiger partial charge on any atom is 0.263 e. The van der Waals surface area contributed by atoms with Crippen LogP contribution in [0.2, 0.25) is 0 Å². The van der Waals surface area contributed by atoms with Crippen LogP contribution in [0.15, 0.2) is 41.2 Å². The van der Waals surface area contributed by atoms with E-state index in [2.05, 4.69) is 62.3 Å². The van der Waals surface area contributed by atoms with E-state index in [-0.39, 0.29) is 0 Å². The molecule has 0 bridgehead atoms. The molecule has 0 amide bonds. The molecule has 1 saturated heterocycles. The zero-order chi connectivity index (χ0) is 15.8. The molecule has 0 N–H and O–H groups in total. The Morgan fingerprint density at radius 2 is 1.96 bits per heavy atom. The monoisotopic (exact) mass is 309 g/mol. The number of anilines is 1. The molecular weight excluding hydrogens is 290 g/mol. The Labute approximate surface area is 134 Å². The van der Waals surface area contributed by atoms with E-state index in [1.54, 1.807) is 6.33 Å². The van der Waals surface area contributed by atoms with Gasteiger partial charge in [-0.05, 0) is 19.5 Å². The molecule has 2 aromatic heterocycles. The van der Waals surface area contributed by atoms with Gasteiger partial charge in [0.05, 0.1) is 11.7 Å². The van der Waals surface area contributed by atoms with Crippen LogP contribution in [-0.2, 0) is 0 Å². The molecule has 0 radical (unpaired) electrons. The van der Waals surface area contributed by atoms with Gasteiger partial charge in [0.25, 0.3) is 5.71 Å². The first-order valence-corrected chi connectivity index (χ1v) is 7.81. The van der Waals surface area contributed by atoms with Crippen molar-refractivity contribution in [1.29, 1.82) is 0 Å². The summed E-state index contributed by atoms with van der Waals surface area (Å²) < 4.78 is 5.27. The fourth-order valence-electron chi connectivity index (χ4n) is 3.24. The second kappa shape index (κ2) is 5.62. The number of rotatable bonds is 2. The lowest BCUT2D eigenvalue weighted by atomic mass is 10.0. The number of fused-ring (bicyclic) bond motifs is 1. The highest BCUT2D eigenvalue weighted by Crippen LogP contribution is 2.31. The van der Waals surface area contributed by atoms with Crippen molar-refractivity contribution in [2.45, 2.75) is 13.0 Å². The van der Waals surface area contributed by atoms with Crippen LogP contribution in [0.3, 0.4) is 0 Å². The van der Waals surface area contributed by atoms with Gasteiger partial charge in [-0.2, -0.15) is 4.98 Å². The molecule has 118 valence electrons. The average Bonchev–Trinajstić information content (AvgIpc) is 2.98. The van der Waals surface area contributed by atoms with E-state index < -0.39 is 0 Å². The SMILES string of the molecule is Cc1noc2ncnc(N3CCN(C)C(c4ccccc4)C3)c12. The zero-order valence-electron chi connectivity index (χ0n) is 13.3. The summed E-state index contributed by atoms with van der Waals surface area (Å²) in [6.45, 7) is 4.73. The highest BCUT2D eigenvalue weighted by atomic mass is 16.5. The lowest BCUT2D eigenvalue weighted by molar-refractivity contribution is 0.221. The first kappa shape index (κ1) is 14.1. The lowest BCUT2D eigenvalue weighted by Gasteiger charge is -2.40. The van der Waals surface area contributed by atoms with Crippen molar-refractivity contribution in [2.24, 2.45) is 0 Å². The summed E-state index contributed by atoms with van der Waals surface area (Å²) in [5, 5.41) is 4.95. The fourth-order valence-corrected chi connectivity index (χ4v) is 3.24. The number of aromatic nitrogens is 3. The van der Waals surface area contributed by atoms with Crippen LogP contribution in [0.1, 0.15) is 17.3 Å². The molecule has 0 aliphatic carbocycles. The molecule has 1 atom stereocenters. The third-order valence-electron chi connectivity index (χ3n) is 4.56. The Bertz CT molecular complexity index is 816. The highest BCUT2D eigenvalue weighted by Gasteiger charge is 2.28. The van der Waals surface area contributed by atoms with Crippen LogP contribution in [0.25, 0.3) is 11.1 Å². The normalized spacial score (nSPS) is 19.4. The van der Waals surface area contributed by atoms with Crippen molar-refractivity contribution in [3.63, 3.8) is 0 Å². The number of hydrogen-bond donors (Lipinski definition) is 0. The molecular formula is C17H19N5O. The van der Waals surface area contributed by atoms with Crippen LogP contribution < -0.4 is 4.90 Å². The predicted molar refractivity (Wildman–Crippen MR) is 88.4 cm³/mol. The second-order valence-electron chi connectivity index (χ2n) is 6.00. The Morgan fingerprint density at radius 3 is 2.78 bits per heavy atom. The van der Waals surface area contributed by atoms with Gasteiger partial charge in [0.15, 0.2) is 0 Å². The van der Waals surface area contributed by atoms with Crippen LogP contribution in [0, 0.1) is 6.92 Å². The second-order valence-corrected chi connectivity index (χ2v) is 6.00. The number of hydrogen-bond acceptors (Lipinski definition) is 6. The molecule has 0 saturated carbocycles. The molecule has 23 heavy (non-hydrogen) atoms. The van der Waals surface area contributed by atoms with Crippen LogP contribution in [0.4, 0.5) is 5.82 Å². The number of benzene rings is 1. The van der Waals surface area contributed by atoms with Crippen molar-refractivity contribution < 1.29 is 4.52 Å². The summed E-state index contributed by atoms with van der Waals surface area (Å²) in [7, 11) is 2.18. The Morgan fingerprint density at radius 1 is 1.13 bits per heavy atom. The zero-order valence-corrected chi connectivity index (χ0v) is 13.3. The summed E-state index contributed by atoms with van der Waals surface area (Å²) in [4.78, 5) is 13.4. The molecule has 1 aliphatic rings. The van der Waals surface area contributed by atoms with E-state index in [0.29, 0.717) is 11.8 Å². The molecule has 1 fully saturated rings. The molecule has 0 spiro atoms. The van der Waals surface area contributed by atoms with Crippen molar-refractivity contribution in [2.75, 3.05) is 31.6 Å². The summed E-state index contributed by atoms with van der Waals surface area (Å²) in [5.41, 5.74) is 2.72. The number of likely N-dealkylation sites (N-methyl/N-ethyl adjacent to an activating group) is 1. The van der Waals surface area contributed by atoms with E-state index in [1.807, 2.05) is 6.92 Å². The van der Waals surface area contributed by atoms with Gasteiger partial charge in [0, 0.05) is 19.6 Å². The van der Waals surface area contributed by atoms with E-state index in [0.717, 1.165) is 36.5 Å². The molecule has 4 rings (SSSR count). The smallest absolute Gasteiger partial charge is 0.263 e. The van der Waals surface area contributed by atoms with Crippen LogP contribution in [0.5, 0.6) is 0 Å². The van der Waals surface area contributed by atoms with Gasteiger partial charge in [0.1, 0.15) is 17.5 Å². The van der Waals surface area contributed by atoms with E-state index in [9.17, 15) is 0 Å². The molecule has 6 nitrogen and oxygen atoms in total. The minimum atomic E-state index is 0.343. The largest absolute Gasteiger partial charge is 0.353 e. The van der Waals surface area contributed by atoms with Crippen molar-refractivity contribution >= 4 is 16.9 Å². The Kier molecular flexibility index (Phi) is 3.46. The molecule has 1 aliphatic heterocycles. The minimum Gasteiger partial charge on any atom is -0.353 e. The van der Waals surface area contributed by atoms with E-state index in [1.165, 1.54) is 5.56 Å². The van der Waals surface area contributed by atoms with Crippen molar-refractivity contribution in [1.82, 2.24) is 20.0 Å². The van der Waals surface area contributed by atoms with Crippen LogP contribution in [-0.4, -0.2) is 46.7 Å². The molecule has 6 heteroatoms. The maximum atomic E-state index is 5.27. The Hall–Kier alpha value is -2.47. The van der Waals surface area contributed by atoms with Gasteiger partial charge < -0.3 is 9.42 Å². The highest BCUT2D eigenvalue weighted by molar-refractivity contribution is 5.87. The van der Waals surface area contributed by atoms with Gasteiger partial charge in [-0.3, -0.25) is 4.90 Å². The molecule has 3 heterocycles. The molecule has 1 aromatic carbocycles. The van der Waals surface area contributed by atoms with Gasteiger partial charge in [0.2, 0.25) is 0 Å². The standard InChI is InChI=1S/C17H19N5O/c1-12-15-16(18-11-19-17(15)23-20-12)22-9-8-21(2)14(10-22)13-6-4-3-5-7-13/h3-7,11,14H,8-10H2,1-2H3.